The Bertz CT molecular complexity index is 1440. The van der Waals surface area contributed by atoms with Crippen LogP contribution in [0.2, 0.25) is 0 Å². The van der Waals surface area contributed by atoms with Gasteiger partial charge in [0.15, 0.2) is 11.5 Å². The lowest BCUT2D eigenvalue weighted by Gasteiger charge is -2.14. The summed E-state index contributed by atoms with van der Waals surface area (Å²) in [5.41, 5.74) is 0.546. The zero-order chi connectivity index (χ0) is 26.0. The average Bonchev–Trinajstić information content (AvgIpc) is 3.14. The molecule has 0 saturated carbocycles. The van der Waals surface area contributed by atoms with Crippen LogP contribution < -0.4 is 10.6 Å². The van der Waals surface area contributed by atoms with Crippen molar-refractivity contribution in [2.75, 3.05) is 17.2 Å². The quantitative estimate of drug-likeness (QED) is 0.361. The van der Waals surface area contributed by atoms with Crippen LogP contribution in [0.1, 0.15) is 24.6 Å². The van der Waals surface area contributed by atoms with Gasteiger partial charge in [-0.05, 0) is 25.1 Å². The van der Waals surface area contributed by atoms with Crippen molar-refractivity contribution in [3.05, 3.63) is 53.5 Å². The summed E-state index contributed by atoms with van der Waals surface area (Å²) in [6, 6.07) is 3.79. The zero-order valence-electron chi connectivity index (χ0n) is 19.0. The Morgan fingerprint density at radius 2 is 1.89 bits per heavy atom. The maximum atomic E-state index is 14.2. The number of nitrogens with one attached hydrogen (secondary N) is 2. The fourth-order valence-electron chi connectivity index (χ4n) is 3.39. The fourth-order valence-corrected chi connectivity index (χ4v) is 3.39. The number of nitrogens with zero attached hydrogens (tertiary/aromatic N) is 6. The van der Waals surface area contributed by atoms with Crippen molar-refractivity contribution in [1.82, 2.24) is 29.7 Å². The van der Waals surface area contributed by atoms with E-state index in [0.29, 0.717) is 5.56 Å². The molecule has 0 aliphatic heterocycles. The van der Waals surface area contributed by atoms with Crippen molar-refractivity contribution in [3.8, 4) is 11.5 Å². The van der Waals surface area contributed by atoms with Crippen molar-refractivity contribution >= 4 is 28.6 Å². The number of amides is 1. The molecule has 0 aliphatic rings. The van der Waals surface area contributed by atoms with Gasteiger partial charge in [0, 0.05) is 25.2 Å². The van der Waals surface area contributed by atoms with Gasteiger partial charge in [0.05, 0.1) is 30.2 Å². The molecular formula is C22H19F5N8O. The van der Waals surface area contributed by atoms with Crippen molar-refractivity contribution in [3.63, 3.8) is 0 Å². The second kappa shape index (κ2) is 9.79. The van der Waals surface area contributed by atoms with E-state index in [-0.39, 0.29) is 46.4 Å². The van der Waals surface area contributed by atoms with Crippen molar-refractivity contribution in [1.29, 1.82) is 0 Å². The Morgan fingerprint density at radius 3 is 2.58 bits per heavy atom. The molecule has 0 aliphatic carbocycles. The highest BCUT2D eigenvalue weighted by Crippen LogP contribution is 2.30. The third-order valence-electron chi connectivity index (χ3n) is 5.04. The smallest absolute Gasteiger partial charge is 0.369 e. The van der Waals surface area contributed by atoms with Gasteiger partial charge in [-0.15, -0.1) is 0 Å². The molecule has 4 rings (SSSR count). The maximum absolute atomic E-state index is 14.2. The van der Waals surface area contributed by atoms with Gasteiger partial charge < -0.3 is 10.6 Å². The summed E-state index contributed by atoms with van der Waals surface area (Å²) in [5.74, 6) is -1.81. The van der Waals surface area contributed by atoms with Crippen LogP contribution in [0.4, 0.5) is 33.6 Å². The molecule has 0 unspecified atom stereocenters. The topological polar surface area (TPSA) is 111 Å². The Balaban J connectivity index is 1.83. The van der Waals surface area contributed by atoms with Gasteiger partial charge in [-0.25, -0.2) is 28.4 Å². The molecule has 0 radical (unpaired) electrons. The Morgan fingerprint density at radius 1 is 1.14 bits per heavy atom. The molecule has 1 amide bonds. The van der Waals surface area contributed by atoms with E-state index in [9.17, 15) is 26.7 Å². The van der Waals surface area contributed by atoms with Crippen LogP contribution in [-0.2, 0) is 11.3 Å². The minimum atomic E-state index is -4.39. The highest BCUT2D eigenvalue weighted by atomic mass is 19.4. The second-order valence-electron chi connectivity index (χ2n) is 7.81. The summed E-state index contributed by atoms with van der Waals surface area (Å²) < 4.78 is 67.6. The number of carbonyl (C=O) groups is 1. The lowest BCUT2D eigenvalue weighted by Crippen LogP contribution is -2.17. The number of aromatic nitrogens is 6. The molecular weight excluding hydrogens is 487 g/mol. The molecule has 0 spiro atoms. The number of hydrogen-bond acceptors (Lipinski definition) is 7. The summed E-state index contributed by atoms with van der Waals surface area (Å²) in [4.78, 5) is 28.3. The first-order chi connectivity index (χ1) is 17.0. The van der Waals surface area contributed by atoms with Gasteiger partial charge in [-0.2, -0.15) is 18.3 Å². The second-order valence-corrected chi connectivity index (χ2v) is 7.81. The minimum absolute atomic E-state index is 0.0239. The first kappa shape index (κ1) is 24.9. The molecule has 4 aromatic rings. The molecule has 188 valence electrons. The Hall–Kier alpha value is -4.23. The van der Waals surface area contributed by atoms with E-state index >= 15 is 0 Å². The minimum Gasteiger partial charge on any atom is -0.369 e. The van der Waals surface area contributed by atoms with E-state index in [1.54, 1.807) is 0 Å². The maximum Gasteiger partial charge on any atom is 0.390 e. The Labute approximate surface area is 200 Å². The molecule has 9 nitrogen and oxygen atoms in total. The molecule has 2 N–H and O–H groups in total. The number of anilines is 2. The van der Waals surface area contributed by atoms with E-state index < -0.39 is 36.7 Å². The van der Waals surface area contributed by atoms with Gasteiger partial charge in [0.2, 0.25) is 5.91 Å². The summed E-state index contributed by atoms with van der Waals surface area (Å²) >= 11 is 0. The van der Waals surface area contributed by atoms with Crippen LogP contribution in [0.25, 0.3) is 22.6 Å². The zero-order valence-corrected chi connectivity index (χ0v) is 19.0. The first-order valence-corrected chi connectivity index (χ1v) is 10.6. The van der Waals surface area contributed by atoms with Crippen LogP contribution >= 0.6 is 0 Å². The molecule has 0 saturated heterocycles. The molecule has 36 heavy (non-hydrogen) atoms. The predicted octanol–water partition coefficient (Wildman–Crippen LogP) is 4.24. The lowest BCUT2D eigenvalue weighted by molar-refractivity contribution is -0.131. The van der Waals surface area contributed by atoms with E-state index in [1.807, 2.05) is 0 Å². The van der Waals surface area contributed by atoms with Crippen molar-refractivity contribution in [2.45, 2.75) is 33.0 Å². The number of halogens is 5. The van der Waals surface area contributed by atoms with Crippen LogP contribution in [-0.4, -0.2) is 48.3 Å². The van der Waals surface area contributed by atoms with Gasteiger partial charge in [0.1, 0.15) is 29.0 Å². The number of alkyl halides is 3. The number of hydrogen-bond donors (Lipinski definition) is 2. The van der Waals surface area contributed by atoms with Crippen molar-refractivity contribution < 1.29 is 26.7 Å². The lowest BCUT2D eigenvalue weighted by atomic mass is 10.2. The van der Waals surface area contributed by atoms with Crippen LogP contribution in [0, 0.1) is 18.6 Å². The van der Waals surface area contributed by atoms with E-state index in [1.165, 1.54) is 36.9 Å². The summed E-state index contributed by atoms with van der Waals surface area (Å²) in [5, 5.41) is 9.66. The Kier molecular flexibility index (Phi) is 6.77. The molecule has 14 heteroatoms. The number of pyridine rings is 2. The van der Waals surface area contributed by atoms with E-state index in [2.05, 4.69) is 35.7 Å². The molecule has 0 fully saturated rings. The normalized spacial score (nSPS) is 11.6. The van der Waals surface area contributed by atoms with E-state index in [4.69, 9.17) is 0 Å². The van der Waals surface area contributed by atoms with Crippen LogP contribution in [0.5, 0.6) is 0 Å². The first-order valence-electron chi connectivity index (χ1n) is 10.6. The summed E-state index contributed by atoms with van der Waals surface area (Å²) in [6.07, 6.45) is -3.15. The standard InChI is InChI=1S/C22H19F5N8O/c1-11-18(29-7-5-22(25,26)27)32-20(33-19(11)31-12(2)36)17-14-8-13(23)9-30-21(14)35(34-17)10-16-15(24)4-3-6-28-16/h3-4,6,8-9H,5,7,10H2,1-2H3,(H2,29,31,32,33,36). The average molecular weight is 506 g/mol. The highest BCUT2D eigenvalue weighted by molar-refractivity contribution is 5.92. The molecule has 4 heterocycles. The summed E-state index contributed by atoms with van der Waals surface area (Å²) in [7, 11) is 0. The SMILES string of the molecule is CC(=O)Nc1nc(-c2nn(Cc3ncccc3F)c3ncc(F)cc23)nc(NCCC(F)(F)F)c1C. The summed E-state index contributed by atoms with van der Waals surface area (Å²) in [6.45, 7) is 2.13. The molecule has 0 bridgehead atoms. The molecule has 0 aromatic carbocycles. The number of rotatable bonds is 7. The molecule has 4 aromatic heterocycles. The van der Waals surface area contributed by atoms with Gasteiger partial charge in [-0.3, -0.25) is 9.78 Å². The van der Waals surface area contributed by atoms with E-state index in [0.717, 1.165) is 12.3 Å². The van der Waals surface area contributed by atoms with Gasteiger partial charge in [0.25, 0.3) is 0 Å². The van der Waals surface area contributed by atoms with Gasteiger partial charge in [-0.1, -0.05) is 0 Å². The predicted molar refractivity (Wildman–Crippen MR) is 120 cm³/mol. The van der Waals surface area contributed by atoms with Crippen LogP contribution in [0.3, 0.4) is 0 Å². The fraction of sp³-hybridized carbons (Fsp3) is 0.273. The number of fused-ring (bicyclic) bond motifs is 1. The largest absolute Gasteiger partial charge is 0.390 e. The van der Waals surface area contributed by atoms with Crippen molar-refractivity contribution in [2.24, 2.45) is 0 Å². The van der Waals surface area contributed by atoms with Gasteiger partial charge >= 0.3 is 6.18 Å². The third-order valence-corrected chi connectivity index (χ3v) is 5.04. The highest BCUT2D eigenvalue weighted by Gasteiger charge is 2.27. The monoisotopic (exact) mass is 506 g/mol. The third kappa shape index (κ3) is 5.53. The number of carbonyl (C=O) groups excluding carboxylic acids is 1. The van der Waals surface area contributed by atoms with Crippen LogP contribution in [0.15, 0.2) is 30.6 Å². The molecule has 0 atom stereocenters.